The van der Waals surface area contributed by atoms with Gasteiger partial charge >= 0.3 is 0 Å². The van der Waals surface area contributed by atoms with Crippen LogP contribution in [0, 0.1) is 23.3 Å². The topological polar surface area (TPSA) is 121 Å². The Kier molecular flexibility index (Phi) is 10.8. The van der Waals surface area contributed by atoms with Crippen LogP contribution in [-0.2, 0) is 9.59 Å². The zero-order chi connectivity index (χ0) is 42.6. The minimum absolute atomic E-state index is 0.0707. The fourth-order valence-electron chi connectivity index (χ4n) is 10.8. The van der Waals surface area contributed by atoms with Gasteiger partial charge in [-0.25, -0.2) is 4.85 Å². The highest BCUT2D eigenvalue weighted by atomic mass is 35.5. The Labute approximate surface area is 362 Å². The Balaban J connectivity index is 0.725. The van der Waals surface area contributed by atoms with Gasteiger partial charge in [-0.2, -0.15) is 0 Å². The molecule has 6 aliphatic heterocycles. The fraction of sp³-hybridized carbons (Fsp3) is 0.489. The number of hydrogen-bond acceptors (Lipinski definition) is 9. The van der Waals surface area contributed by atoms with Crippen molar-refractivity contribution in [2.75, 3.05) is 86.7 Å². The van der Waals surface area contributed by atoms with Crippen molar-refractivity contribution in [3.8, 4) is 0 Å². The van der Waals surface area contributed by atoms with Crippen molar-refractivity contribution >= 4 is 63.9 Å². The van der Waals surface area contributed by atoms with Crippen LogP contribution in [0.1, 0.15) is 83.4 Å². The van der Waals surface area contributed by atoms with Crippen LogP contribution in [0.25, 0.3) is 4.85 Å². The monoisotopic (exact) mass is 844 g/mol. The molecule has 0 saturated carbocycles. The molecular weight excluding hydrogens is 792 g/mol. The Bertz CT molecular complexity index is 2300. The van der Waals surface area contributed by atoms with Gasteiger partial charge in [-0.05, 0) is 103 Å². The van der Waals surface area contributed by atoms with E-state index in [4.69, 9.17) is 18.2 Å². The maximum absolute atomic E-state index is 13.7. The number of benzene rings is 3. The lowest BCUT2D eigenvalue weighted by atomic mass is 9.63. The quantitative estimate of drug-likeness (QED) is 0.222. The van der Waals surface area contributed by atoms with Gasteiger partial charge in [0.15, 0.2) is 0 Å². The minimum Gasteiger partial charge on any atom is -0.371 e. The van der Waals surface area contributed by atoms with Gasteiger partial charge in [-0.3, -0.25) is 39.1 Å². The number of amides is 5. The van der Waals surface area contributed by atoms with E-state index in [1.54, 1.807) is 12.1 Å². The van der Waals surface area contributed by atoms with Gasteiger partial charge < -0.3 is 19.6 Å². The molecule has 1 N–H and O–H groups in total. The Hall–Kier alpha value is -5.45. The van der Waals surface area contributed by atoms with E-state index in [1.165, 1.54) is 0 Å². The number of fused-ring (bicyclic) bond motifs is 1. The van der Waals surface area contributed by atoms with Crippen LogP contribution < -0.4 is 20.0 Å². The van der Waals surface area contributed by atoms with Gasteiger partial charge in [0.1, 0.15) is 6.04 Å². The van der Waals surface area contributed by atoms with Crippen LogP contribution in [0.5, 0.6) is 0 Å². The summed E-state index contributed by atoms with van der Waals surface area (Å²) in [5, 5.41) is 2.74. The van der Waals surface area contributed by atoms with Gasteiger partial charge in [0, 0.05) is 106 Å². The first-order chi connectivity index (χ1) is 29.3. The molecule has 318 valence electrons. The second-order valence-electron chi connectivity index (χ2n) is 18.5. The molecule has 1 atom stereocenters. The van der Waals surface area contributed by atoms with Crippen molar-refractivity contribution in [1.29, 1.82) is 0 Å². The molecule has 5 fully saturated rings. The Morgan fingerprint density at radius 1 is 0.754 bits per heavy atom. The number of nitrogens with zero attached hydrogens (tertiary/aromatic N) is 7. The van der Waals surface area contributed by atoms with Gasteiger partial charge in [-0.15, -0.1) is 0 Å². The van der Waals surface area contributed by atoms with E-state index < -0.39 is 23.8 Å². The zero-order valence-corrected chi connectivity index (χ0v) is 35.8. The number of carbonyl (C=O) groups excluding carboxylic acids is 5. The van der Waals surface area contributed by atoms with Crippen LogP contribution in [0.15, 0.2) is 60.7 Å². The van der Waals surface area contributed by atoms with Crippen molar-refractivity contribution in [3.63, 3.8) is 0 Å². The number of halogens is 1. The fourth-order valence-corrected chi connectivity index (χ4v) is 11.0. The number of anilines is 3. The SMILES string of the molecule is [C-]#[N+]c1ccc(N2CC(C)(C)C3(CCN(C(=O)c4ccc(N5CCN(CC6CCN(c7ccc8c(c7)C(=O)N(C7CCC(=O)NC7=O)C8=O)CC6)CC5)cc4)CC3)C2)cc1Cl. The summed E-state index contributed by atoms with van der Waals surface area (Å²) in [4.78, 5) is 80.5. The summed E-state index contributed by atoms with van der Waals surface area (Å²) in [6.07, 6.45) is 4.20. The average molecular weight is 845 g/mol. The first-order valence-corrected chi connectivity index (χ1v) is 22.1. The third kappa shape index (κ3) is 7.63. The number of likely N-dealkylation sites (tertiary alicyclic amines) is 1. The first-order valence-electron chi connectivity index (χ1n) is 21.7. The number of imide groups is 2. The van der Waals surface area contributed by atoms with Crippen LogP contribution in [0.2, 0.25) is 5.02 Å². The largest absolute Gasteiger partial charge is 0.371 e. The summed E-state index contributed by atoms with van der Waals surface area (Å²) in [5.41, 5.74) is 5.11. The number of nitrogens with one attached hydrogen (secondary N) is 1. The Morgan fingerprint density at radius 3 is 2.07 bits per heavy atom. The molecular formula is C47H53ClN8O5. The summed E-state index contributed by atoms with van der Waals surface area (Å²) in [5.74, 6) is -1.28. The van der Waals surface area contributed by atoms with E-state index in [0.717, 1.165) is 125 Å². The lowest BCUT2D eigenvalue weighted by Crippen LogP contribution is -2.54. The molecule has 3 aromatic carbocycles. The molecule has 9 rings (SSSR count). The molecule has 1 spiro atoms. The van der Waals surface area contributed by atoms with E-state index >= 15 is 0 Å². The molecule has 6 aliphatic rings. The summed E-state index contributed by atoms with van der Waals surface area (Å²) < 4.78 is 0. The highest BCUT2D eigenvalue weighted by Crippen LogP contribution is 2.53. The van der Waals surface area contributed by atoms with Crippen LogP contribution in [0.3, 0.4) is 0 Å². The molecule has 14 heteroatoms. The van der Waals surface area contributed by atoms with Crippen molar-refractivity contribution in [2.24, 2.45) is 16.7 Å². The number of carbonyl (C=O) groups is 5. The highest BCUT2D eigenvalue weighted by Gasteiger charge is 2.53. The summed E-state index contributed by atoms with van der Waals surface area (Å²) in [7, 11) is 0. The molecule has 5 saturated heterocycles. The molecule has 3 aromatic rings. The van der Waals surface area contributed by atoms with E-state index in [1.807, 2.05) is 41.3 Å². The van der Waals surface area contributed by atoms with E-state index in [2.05, 4.69) is 55.7 Å². The van der Waals surface area contributed by atoms with Crippen molar-refractivity contribution < 1.29 is 24.0 Å². The lowest BCUT2D eigenvalue weighted by Gasteiger charge is -2.46. The van der Waals surface area contributed by atoms with E-state index in [0.29, 0.717) is 27.8 Å². The predicted octanol–water partition coefficient (Wildman–Crippen LogP) is 6.10. The summed E-state index contributed by atoms with van der Waals surface area (Å²) >= 11 is 6.40. The standard InChI is InChI=1S/C47H53ClN8O5/c1-46(2)29-55(35-9-11-39(49-3)38(48)27-35)30-47(46)16-20-54(21-17-47)43(59)32-4-6-33(7-5-32)53-24-22-51(23-25-53)28-31-14-18-52(19-15-31)34-8-10-36-37(26-34)45(61)56(44(36)60)40-12-13-41(57)50-42(40)58/h4-11,26-27,31,40H,12-25,28-30H2,1-2H3,(H,50,57,58). The summed E-state index contributed by atoms with van der Waals surface area (Å²) in [6.45, 7) is 21.9. The second kappa shape index (κ2) is 16.1. The second-order valence-corrected chi connectivity index (χ2v) is 18.9. The molecule has 0 aromatic heterocycles. The predicted molar refractivity (Wildman–Crippen MR) is 234 cm³/mol. The molecule has 0 aliphatic carbocycles. The maximum atomic E-state index is 13.7. The summed E-state index contributed by atoms with van der Waals surface area (Å²) in [6, 6.07) is 18.3. The molecule has 0 radical (unpaired) electrons. The third-order valence-electron chi connectivity index (χ3n) is 14.7. The maximum Gasteiger partial charge on any atom is 0.262 e. The molecule has 5 amide bonds. The normalized spacial score (nSPS) is 23.1. The molecule has 13 nitrogen and oxygen atoms in total. The number of piperidine rings is 3. The van der Waals surface area contributed by atoms with Gasteiger partial charge in [0.2, 0.25) is 17.5 Å². The van der Waals surface area contributed by atoms with Crippen molar-refractivity contribution in [3.05, 3.63) is 93.8 Å². The number of hydrogen-bond donors (Lipinski definition) is 1. The zero-order valence-electron chi connectivity index (χ0n) is 35.0. The molecule has 1 unspecified atom stereocenters. The van der Waals surface area contributed by atoms with Crippen LogP contribution in [0.4, 0.5) is 22.7 Å². The van der Waals surface area contributed by atoms with Crippen molar-refractivity contribution in [1.82, 2.24) is 20.0 Å². The molecule has 61 heavy (non-hydrogen) atoms. The van der Waals surface area contributed by atoms with Crippen LogP contribution >= 0.6 is 11.6 Å². The van der Waals surface area contributed by atoms with E-state index in [-0.39, 0.29) is 35.5 Å². The molecule has 6 heterocycles. The minimum atomic E-state index is -0.967. The lowest BCUT2D eigenvalue weighted by molar-refractivity contribution is -0.136. The third-order valence-corrected chi connectivity index (χ3v) is 15.0. The van der Waals surface area contributed by atoms with Crippen LogP contribution in [-0.4, -0.2) is 122 Å². The average Bonchev–Trinajstić information content (AvgIpc) is 3.67. The Morgan fingerprint density at radius 2 is 1.39 bits per heavy atom. The molecule has 0 bridgehead atoms. The number of piperazine rings is 1. The van der Waals surface area contributed by atoms with Gasteiger partial charge in [-0.1, -0.05) is 31.5 Å². The first kappa shape index (κ1) is 40.9. The van der Waals surface area contributed by atoms with Crippen molar-refractivity contribution in [2.45, 2.75) is 58.4 Å². The van der Waals surface area contributed by atoms with E-state index in [9.17, 15) is 24.0 Å². The number of rotatable bonds is 7. The van der Waals surface area contributed by atoms with Gasteiger partial charge in [0.25, 0.3) is 17.7 Å². The highest BCUT2D eigenvalue weighted by molar-refractivity contribution is 6.33. The van der Waals surface area contributed by atoms with Gasteiger partial charge in [0.05, 0.1) is 17.7 Å². The smallest absolute Gasteiger partial charge is 0.262 e.